The molecular formula is C11H16N2O3S. The highest BCUT2D eigenvalue weighted by molar-refractivity contribution is 8.04. The molecule has 2 heterocycles. The molecule has 17 heavy (non-hydrogen) atoms. The molecule has 94 valence electrons. The van der Waals surface area contributed by atoms with Gasteiger partial charge >= 0.3 is 5.97 Å². The summed E-state index contributed by atoms with van der Waals surface area (Å²) >= 11 is 1.34. The minimum Gasteiger partial charge on any atom is -0.478 e. The number of carbonyl (C=O) groups excluding carboxylic acids is 1. The Hall–Kier alpha value is -1.01. The number of aliphatic carboxylic acids is 1. The van der Waals surface area contributed by atoms with Crippen molar-refractivity contribution in [2.45, 2.75) is 24.6 Å². The van der Waals surface area contributed by atoms with Crippen LogP contribution in [-0.4, -0.2) is 52.3 Å². The van der Waals surface area contributed by atoms with Crippen molar-refractivity contribution in [3.05, 3.63) is 11.1 Å². The predicted molar refractivity (Wildman–Crippen MR) is 65.3 cm³/mol. The van der Waals surface area contributed by atoms with E-state index in [-0.39, 0.29) is 11.3 Å². The molecule has 2 rings (SSSR count). The van der Waals surface area contributed by atoms with Crippen LogP contribution in [0, 0.1) is 0 Å². The summed E-state index contributed by atoms with van der Waals surface area (Å²) in [6.45, 7) is 1.86. The normalized spacial score (nSPS) is 29.0. The van der Waals surface area contributed by atoms with Crippen LogP contribution in [0.1, 0.15) is 19.3 Å². The van der Waals surface area contributed by atoms with E-state index in [1.165, 1.54) is 23.1 Å². The van der Waals surface area contributed by atoms with E-state index in [0.717, 1.165) is 32.0 Å². The number of nitrogens with zero attached hydrogens (tertiary/aromatic N) is 2. The molecule has 0 bridgehead atoms. The van der Waals surface area contributed by atoms with Crippen molar-refractivity contribution in [1.82, 2.24) is 9.80 Å². The second-order valence-electron chi connectivity index (χ2n) is 4.28. The third kappa shape index (κ3) is 2.63. The number of carboxylic acids is 1. The Bertz CT molecular complexity index is 364. The maximum absolute atomic E-state index is 12.0. The van der Waals surface area contributed by atoms with Crippen LogP contribution in [-0.2, 0) is 9.59 Å². The van der Waals surface area contributed by atoms with Gasteiger partial charge in [0.05, 0.1) is 11.1 Å². The second kappa shape index (κ2) is 5.10. The third-order valence-electron chi connectivity index (χ3n) is 3.07. The molecule has 0 saturated carbocycles. The van der Waals surface area contributed by atoms with Crippen molar-refractivity contribution >= 4 is 23.6 Å². The standard InChI is InChI=1S/C11H16N2O3S/c1-12-8(7-9(14)15)17-11(10(12)16)13-5-3-2-4-6-13/h7,11H,2-6H2,1H3,(H,14,15)/b8-7+/t11-/m1/s1. The highest BCUT2D eigenvalue weighted by Gasteiger charge is 2.38. The Labute approximate surface area is 104 Å². The van der Waals surface area contributed by atoms with Gasteiger partial charge in [0.25, 0.3) is 5.91 Å². The maximum Gasteiger partial charge on any atom is 0.330 e. The first-order valence-electron chi connectivity index (χ1n) is 5.72. The molecule has 0 aliphatic carbocycles. The van der Waals surface area contributed by atoms with Crippen LogP contribution >= 0.6 is 11.8 Å². The minimum absolute atomic E-state index is 0.00981. The number of piperidine rings is 1. The van der Waals surface area contributed by atoms with E-state index in [9.17, 15) is 9.59 Å². The monoisotopic (exact) mass is 256 g/mol. The van der Waals surface area contributed by atoms with Crippen LogP contribution in [0.3, 0.4) is 0 Å². The largest absolute Gasteiger partial charge is 0.478 e. The highest BCUT2D eigenvalue weighted by atomic mass is 32.2. The Balaban J connectivity index is 2.10. The number of carboxylic acid groups (broad SMARTS) is 1. The average molecular weight is 256 g/mol. The van der Waals surface area contributed by atoms with Crippen molar-refractivity contribution < 1.29 is 14.7 Å². The van der Waals surface area contributed by atoms with E-state index in [2.05, 4.69) is 4.90 Å². The van der Waals surface area contributed by atoms with Crippen LogP contribution in [0.2, 0.25) is 0 Å². The fraction of sp³-hybridized carbons (Fsp3) is 0.636. The van der Waals surface area contributed by atoms with Crippen LogP contribution in [0.15, 0.2) is 11.1 Å². The summed E-state index contributed by atoms with van der Waals surface area (Å²) in [5.41, 5.74) is 0. The highest BCUT2D eigenvalue weighted by Crippen LogP contribution is 2.36. The van der Waals surface area contributed by atoms with Crippen molar-refractivity contribution in [1.29, 1.82) is 0 Å². The first-order valence-corrected chi connectivity index (χ1v) is 6.60. The number of rotatable bonds is 2. The molecule has 6 heteroatoms. The maximum atomic E-state index is 12.0. The number of carbonyl (C=O) groups is 2. The summed E-state index contributed by atoms with van der Waals surface area (Å²) in [5, 5.41) is 9.03. The number of likely N-dealkylation sites (tertiary alicyclic amines) is 1. The molecule has 0 unspecified atom stereocenters. The molecule has 0 spiro atoms. The zero-order chi connectivity index (χ0) is 12.4. The van der Waals surface area contributed by atoms with Gasteiger partial charge in [0.2, 0.25) is 0 Å². The number of likely N-dealkylation sites (N-methyl/N-ethyl adjacent to an activating group) is 1. The number of thioether (sulfide) groups is 1. The van der Waals surface area contributed by atoms with Gasteiger partial charge in [-0.2, -0.15) is 0 Å². The van der Waals surface area contributed by atoms with Crippen molar-refractivity contribution in [3.8, 4) is 0 Å². The molecule has 0 radical (unpaired) electrons. The van der Waals surface area contributed by atoms with Crippen LogP contribution in [0.5, 0.6) is 0 Å². The van der Waals surface area contributed by atoms with E-state index < -0.39 is 5.97 Å². The van der Waals surface area contributed by atoms with Crippen LogP contribution in [0.4, 0.5) is 0 Å². The van der Waals surface area contributed by atoms with E-state index in [1.807, 2.05) is 0 Å². The molecule has 0 aromatic carbocycles. The van der Waals surface area contributed by atoms with E-state index in [4.69, 9.17) is 5.11 Å². The summed E-state index contributed by atoms with van der Waals surface area (Å²) in [7, 11) is 1.63. The molecular weight excluding hydrogens is 240 g/mol. The van der Waals surface area contributed by atoms with Gasteiger partial charge in [-0.15, -0.1) is 0 Å². The Morgan fingerprint density at radius 1 is 1.41 bits per heavy atom. The fourth-order valence-corrected chi connectivity index (χ4v) is 3.40. The van der Waals surface area contributed by atoms with Gasteiger partial charge in [0.1, 0.15) is 5.37 Å². The van der Waals surface area contributed by atoms with Crippen molar-refractivity contribution in [3.63, 3.8) is 0 Å². The van der Waals surface area contributed by atoms with E-state index in [1.54, 1.807) is 7.05 Å². The molecule has 0 aromatic heterocycles. The lowest BCUT2D eigenvalue weighted by Crippen LogP contribution is -2.42. The minimum atomic E-state index is -1.01. The van der Waals surface area contributed by atoms with Gasteiger partial charge in [-0.05, 0) is 25.9 Å². The Morgan fingerprint density at radius 3 is 2.65 bits per heavy atom. The molecule has 0 aromatic rings. The zero-order valence-corrected chi connectivity index (χ0v) is 10.6. The van der Waals surface area contributed by atoms with Gasteiger partial charge < -0.3 is 10.0 Å². The molecule has 1 amide bonds. The molecule has 5 nitrogen and oxygen atoms in total. The number of hydrogen-bond acceptors (Lipinski definition) is 4. The molecule has 2 aliphatic rings. The first kappa shape index (κ1) is 12.4. The Morgan fingerprint density at radius 2 is 2.06 bits per heavy atom. The van der Waals surface area contributed by atoms with Gasteiger partial charge in [-0.1, -0.05) is 18.2 Å². The second-order valence-corrected chi connectivity index (χ2v) is 5.39. The van der Waals surface area contributed by atoms with Gasteiger partial charge in [0, 0.05) is 7.05 Å². The number of amides is 1. The van der Waals surface area contributed by atoms with Crippen molar-refractivity contribution in [2.75, 3.05) is 20.1 Å². The topological polar surface area (TPSA) is 60.9 Å². The molecule has 1 N–H and O–H groups in total. The van der Waals surface area contributed by atoms with Gasteiger partial charge in [-0.3, -0.25) is 9.69 Å². The lowest BCUT2D eigenvalue weighted by Gasteiger charge is -2.29. The predicted octanol–water partition coefficient (Wildman–Crippen LogP) is 0.930. The Kier molecular flexibility index (Phi) is 3.73. The van der Waals surface area contributed by atoms with Crippen molar-refractivity contribution in [2.24, 2.45) is 0 Å². The third-order valence-corrected chi connectivity index (χ3v) is 4.43. The first-order chi connectivity index (χ1) is 8.09. The van der Waals surface area contributed by atoms with Crippen LogP contribution in [0.25, 0.3) is 0 Å². The van der Waals surface area contributed by atoms with Gasteiger partial charge in [-0.25, -0.2) is 4.79 Å². The molecule has 1 atom stereocenters. The summed E-state index contributed by atoms with van der Waals surface area (Å²) in [4.78, 5) is 26.3. The average Bonchev–Trinajstić information content (AvgIpc) is 2.58. The van der Waals surface area contributed by atoms with E-state index >= 15 is 0 Å². The lowest BCUT2D eigenvalue weighted by atomic mass is 10.1. The molecule has 2 saturated heterocycles. The summed E-state index contributed by atoms with van der Waals surface area (Å²) in [6, 6.07) is 0. The quantitative estimate of drug-likeness (QED) is 0.745. The van der Waals surface area contributed by atoms with Crippen LogP contribution < -0.4 is 0 Å². The molecule has 2 fully saturated rings. The smallest absolute Gasteiger partial charge is 0.330 e. The summed E-state index contributed by atoms with van der Waals surface area (Å²) in [5.74, 6) is -1.02. The lowest BCUT2D eigenvalue weighted by molar-refractivity contribution is -0.131. The molecule has 2 aliphatic heterocycles. The summed E-state index contributed by atoms with van der Waals surface area (Å²) in [6.07, 6.45) is 4.56. The summed E-state index contributed by atoms with van der Waals surface area (Å²) < 4.78 is 0. The SMILES string of the molecule is CN1C(=O)[C@H](N2CCCCC2)S/C1=C/C(=O)O. The van der Waals surface area contributed by atoms with Gasteiger partial charge in [0.15, 0.2) is 0 Å². The fourth-order valence-electron chi connectivity index (χ4n) is 2.14. The zero-order valence-electron chi connectivity index (χ0n) is 9.76. The van der Waals surface area contributed by atoms with E-state index in [0.29, 0.717) is 5.03 Å². The number of hydrogen-bond donors (Lipinski definition) is 1.